The molecule has 0 radical (unpaired) electrons. The van der Waals surface area contributed by atoms with Gasteiger partial charge in [0.15, 0.2) is 0 Å². The largest absolute Gasteiger partial charge is 0.313 e. The quantitative estimate of drug-likeness (QED) is 0.561. The Morgan fingerprint density at radius 3 is 2.78 bits per heavy atom. The normalized spacial score (nSPS) is 10.6. The van der Waals surface area contributed by atoms with E-state index in [9.17, 15) is 0 Å². The van der Waals surface area contributed by atoms with Gasteiger partial charge in [0.05, 0.1) is 12.2 Å². The molecule has 1 heterocycles. The van der Waals surface area contributed by atoms with Gasteiger partial charge in [0.25, 0.3) is 0 Å². The fraction of sp³-hybridized carbons (Fsp3) is 0.533. The minimum Gasteiger partial charge on any atom is -0.313 e. The second-order valence-corrected chi connectivity index (χ2v) is 4.34. The fourth-order valence-electron chi connectivity index (χ4n) is 1.70. The van der Waals surface area contributed by atoms with Crippen molar-refractivity contribution in [2.24, 2.45) is 0 Å². The number of hydrogen-bond donors (Lipinski definition) is 1. The smallest absolute Gasteiger partial charge is 0.0602 e. The van der Waals surface area contributed by atoms with Gasteiger partial charge in [-0.05, 0) is 31.1 Å². The summed E-state index contributed by atoms with van der Waals surface area (Å²) in [5.74, 6) is 2.67. The van der Waals surface area contributed by atoms with Gasteiger partial charge in [-0.25, -0.2) is 0 Å². The number of nitrogens with zero attached hydrogens (tertiary/aromatic N) is 2. The molecule has 1 N–H and O–H groups in total. The summed E-state index contributed by atoms with van der Waals surface area (Å²) >= 11 is 0. The van der Waals surface area contributed by atoms with Crippen molar-refractivity contribution >= 4 is 0 Å². The molecule has 0 fully saturated rings. The Labute approximate surface area is 111 Å². The lowest BCUT2D eigenvalue weighted by atomic mass is 10.2. The Kier molecular flexibility index (Phi) is 7.09. The Morgan fingerprint density at radius 1 is 1.39 bits per heavy atom. The molecule has 0 aliphatic heterocycles. The number of nitrogens with one attached hydrogen (secondary N) is 1. The maximum absolute atomic E-state index is 5.33. The minimum atomic E-state index is 0.679. The average Bonchev–Trinajstić information content (AvgIpc) is 2.40. The molecule has 0 aliphatic carbocycles. The van der Waals surface area contributed by atoms with Crippen LogP contribution in [0.15, 0.2) is 18.3 Å². The highest BCUT2D eigenvalue weighted by Crippen LogP contribution is 2.03. The molecule has 0 unspecified atom stereocenters. The van der Waals surface area contributed by atoms with Crippen LogP contribution < -0.4 is 5.32 Å². The van der Waals surface area contributed by atoms with Crippen molar-refractivity contribution < 1.29 is 0 Å². The SMILES string of the molecule is C#CCN(CC)Cc1ccc(CNCCC)cn1. The van der Waals surface area contributed by atoms with Crippen LogP contribution in [0.5, 0.6) is 0 Å². The summed E-state index contributed by atoms with van der Waals surface area (Å²) in [5, 5.41) is 3.37. The first-order valence-electron chi connectivity index (χ1n) is 6.60. The van der Waals surface area contributed by atoms with Crippen LogP contribution in [0.4, 0.5) is 0 Å². The van der Waals surface area contributed by atoms with Crippen LogP contribution in [-0.2, 0) is 13.1 Å². The van der Waals surface area contributed by atoms with Crippen molar-refractivity contribution in [1.29, 1.82) is 0 Å². The lowest BCUT2D eigenvalue weighted by Crippen LogP contribution is -2.23. The zero-order chi connectivity index (χ0) is 13.2. The first-order valence-corrected chi connectivity index (χ1v) is 6.60. The highest BCUT2D eigenvalue weighted by atomic mass is 15.1. The third-order valence-corrected chi connectivity index (χ3v) is 2.79. The van der Waals surface area contributed by atoms with Crippen molar-refractivity contribution in [3.05, 3.63) is 29.6 Å². The Hall–Kier alpha value is -1.37. The summed E-state index contributed by atoms with van der Waals surface area (Å²) in [4.78, 5) is 6.67. The molecule has 1 rings (SSSR count). The monoisotopic (exact) mass is 245 g/mol. The summed E-state index contributed by atoms with van der Waals surface area (Å²) in [6.45, 7) is 8.67. The molecule has 0 spiro atoms. The van der Waals surface area contributed by atoms with E-state index in [1.807, 2.05) is 6.20 Å². The van der Waals surface area contributed by atoms with Gasteiger partial charge in [-0.1, -0.05) is 25.8 Å². The summed E-state index contributed by atoms with van der Waals surface area (Å²) in [6, 6.07) is 4.22. The summed E-state index contributed by atoms with van der Waals surface area (Å²) < 4.78 is 0. The summed E-state index contributed by atoms with van der Waals surface area (Å²) in [6.07, 6.45) is 8.43. The van der Waals surface area contributed by atoms with Crippen LogP contribution in [0.2, 0.25) is 0 Å². The molecule has 3 heteroatoms. The lowest BCUT2D eigenvalue weighted by Gasteiger charge is -2.16. The van der Waals surface area contributed by atoms with E-state index >= 15 is 0 Å². The lowest BCUT2D eigenvalue weighted by molar-refractivity contribution is 0.312. The first-order chi connectivity index (χ1) is 8.80. The molecule has 0 aliphatic rings. The molecule has 98 valence electrons. The van der Waals surface area contributed by atoms with Gasteiger partial charge in [0.2, 0.25) is 0 Å². The second kappa shape index (κ2) is 8.68. The van der Waals surface area contributed by atoms with Gasteiger partial charge in [-0.15, -0.1) is 6.42 Å². The summed E-state index contributed by atoms with van der Waals surface area (Å²) in [5.41, 5.74) is 2.30. The predicted molar refractivity (Wildman–Crippen MR) is 76.0 cm³/mol. The van der Waals surface area contributed by atoms with E-state index < -0.39 is 0 Å². The summed E-state index contributed by atoms with van der Waals surface area (Å²) in [7, 11) is 0. The van der Waals surface area contributed by atoms with Gasteiger partial charge < -0.3 is 5.32 Å². The van der Waals surface area contributed by atoms with Crippen LogP contribution in [0, 0.1) is 12.3 Å². The van der Waals surface area contributed by atoms with Gasteiger partial charge in [0.1, 0.15) is 0 Å². The van der Waals surface area contributed by atoms with Gasteiger partial charge >= 0.3 is 0 Å². The molecule has 0 aromatic carbocycles. The molecule has 0 saturated carbocycles. The zero-order valence-corrected chi connectivity index (χ0v) is 11.4. The molecular weight excluding hydrogens is 222 g/mol. The molecule has 0 bridgehead atoms. The van der Waals surface area contributed by atoms with E-state index in [0.29, 0.717) is 6.54 Å². The van der Waals surface area contributed by atoms with E-state index in [1.54, 1.807) is 0 Å². The maximum Gasteiger partial charge on any atom is 0.0602 e. The molecule has 0 saturated heterocycles. The van der Waals surface area contributed by atoms with E-state index in [1.165, 1.54) is 5.56 Å². The van der Waals surface area contributed by atoms with Crippen molar-refractivity contribution in [1.82, 2.24) is 15.2 Å². The van der Waals surface area contributed by atoms with Crippen molar-refractivity contribution in [3.63, 3.8) is 0 Å². The molecule has 18 heavy (non-hydrogen) atoms. The minimum absolute atomic E-state index is 0.679. The van der Waals surface area contributed by atoms with E-state index in [2.05, 4.69) is 47.1 Å². The van der Waals surface area contributed by atoms with Crippen molar-refractivity contribution in [3.8, 4) is 12.3 Å². The molecule has 1 aromatic heterocycles. The number of terminal acetylenes is 1. The van der Waals surface area contributed by atoms with Gasteiger partial charge in [-0.2, -0.15) is 0 Å². The second-order valence-electron chi connectivity index (χ2n) is 4.34. The molecule has 3 nitrogen and oxygen atoms in total. The third kappa shape index (κ3) is 5.31. The molecular formula is C15H23N3. The van der Waals surface area contributed by atoms with E-state index in [0.717, 1.165) is 38.3 Å². The number of aromatic nitrogens is 1. The Morgan fingerprint density at radius 2 is 2.22 bits per heavy atom. The third-order valence-electron chi connectivity index (χ3n) is 2.79. The molecule has 1 aromatic rings. The average molecular weight is 245 g/mol. The fourth-order valence-corrected chi connectivity index (χ4v) is 1.70. The number of pyridine rings is 1. The standard InChI is InChI=1S/C15H23N3/c1-4-9-16-11-14-7-8-15(17-12-14)13-18(6-3)10-5-2/h2,7-8,12,16H,4,6,9-11,13H2,1,3H3. The van der Waals surface area contributed by atoms with Crippen LogP contribution in [0.1, 0.15) is 31.5 Å². The van der Waals surface area contributed by atoms with Crippen LogP contribution in [0.25, 0.3) is 0 Å². The maximum atomic E-state index is 5.33. The van der Waals surface area contributed by atoms with Crippen LogP contribution >= 0.6 is 0 Å². The molecule has 0 atom stereocenters. The van der Waals surface area contributed by atoms with Crippen molar-refractivity contribution in [2.45, 2.75) is 33.4 Å². The Balaban J connectivity index is 2.46. The van der Waals surface area contributed by atoms with E-state index in [-0.39, 0.29) is 0 Å². The highest BCUT2D eigenvalue weighted by Gasteiger charge is 2.03. The predicted octanol–water partition coefficient (Wildman–Crippen LogP) is 2.04. The van der Waals surface area contributed by atoms with Crippen LogP contribution in [0.3, 0.4) is 0 Å². The van der Waals surface area contributed by atoms with Gasteiger partial charge in [-0.3, -0.25) is 9.88 Å². The highest BCUT2D eigenvalue weighted by molar-refractivity contribution is 5.14. The number of hydrogen-bond acceptors (Lipinski definition) is 3. The first kappa shape index (κ1) is 14.7. The van der Waals surface area contributed by atoms with Crippen LogP contribution in [-0.4, -0.2) is 29.5 Å². The van der Waals surface area contributed by atoms with Gasteiger partial charge in [0, 0.05) is 19.3 Å². The molecule has 0 amide bonds. The topological polar surface area (TPSA) is 28.2 Å². The Bertz CT molecular complexity index is 364. The van der Waals surface area contributed by atoms with E-state index in [4.69, 9.17) is 6.42 Å². The zero-order valence-electron chi connectivity index (χ0n) is 11.4. The van der Waals surface area contributed by atoms with Crippen molar-refractivity contribution in [2.75, 3.05) is 19.6 Å². The number of rotatable bonds is 8.